The maximum Gasteiger partial charge on any atom is 0.254 e. The first-order valence-corrected chi connectivity index (χ1v) is 5.43. The minimum absolute atomic E-state index is 0.101. The van der Waals surface area contributed by atoms with Crippen LogP contribution < -0.4 is 11.1 Å². The Bertz CT molecular complexity index is 758. The van der Waals surface area contributed by atoms with E-state index in [0.29, 0.717) is 22.4 Å². The van der Waals surface area contributed by atoms with E-state index in [1.54, 1.807) is 19.4 Å². The van der Waals surface area contributed by atoms with Gasteiger partial charge in [0.15, 0.2) is 11.5 Å². The first kappa shape index (κ1) is 11.1. The smallest absolute Gasteiger partial charge is 0.254 e. The number of nitrogen functional groups attached to an aromatic ring is 1. The molecule has 19 heavy (non-hydrogen) atoms. The molecule has 3 rings (SSSR count). The number of amides is 1. The molecule has 0 aliphatic carbocycles. The van der Waals surface area contributed by atoms with Crippen LogP contribution in [0, 0.1) is 0 Å². The lowest BCUT2D eigenvalue weighted by Gasteiger charge is -2.02. The Hall–Kier alpha value is -2.97. The van der Waals surface area contributed by atoms with Crippen molar-refractivity contribution in [3.63, 3.8) is 0 Å². The topological polar surface area (TPSA) is 127 Å². The highest BCUT2D eigenvalue weighted by molar-refractivity contribution is 5.93. The molecule has 0 fully saturated rings. The van der Waals surface area contributed by atoms with Crippen molar-refractivity contribution < 1.29 is 4.79 Å². The molecule has 0 radical (unpaired) electrons. The summed E-state index contributed by atoms with van der Waals surface area (Å²) in [4.78, 5) is 19.6. The van der Waals surface area contributed by atoms with E-state index < -0.39 is 0 Å². The Morgan fingerprint density at radius 2 is 2.26 bits per heavy atom. The first-order valence-electron chi connectivity index (χ1n) is 5.43. The molecule has 9 heteroatoms. The summed E-state index contributed by atoms with van der Waals surface area (Å²) < 4.78 is 1.46. The molecule has 96 valence electrons. The van der Waals surface area contributed by atoms with Gasteiger partial charge in [0.25, 0.3) is 5.91 Å². The number of carbonyl (C=O) groups excluding carboxylic acids is 1. The van der Waals surface area contributed by atoms with Crippen molar-refractivity contribution >= 4 is 22.9 Å². The van der Waals surface area contributed by atoms with Gasteiger partial charge in [0.1, 0.15) is 0 Å². The molecule has 0 aliphatic heterocycles. The zero-order valence-corrected chi connectivity index (χ0v) is 9.95. The number of nitrogens with two attached hydrogens (primary N) is 1. The Labute approximate surface area is 106 Å². The van der Waals surface area contributed by atoms with Gasteiger partial charge in [0, 0.05) is 13.2 Å². The van der Waals surface area contributed by atoms with E-state index in [2.05, 4.69) is 30.6 Å². The maximum atomic E-state index is 11.5. The number of rotatable bonds is 2. The summed E-state index contributed by atoms with van der Waals surface area (Å²) >= 11 is 0. The van der Waals surface area contributed by atoms with Gasteiger partial charge < -0.3 is 11.1 Å². The molecule has 0 atom stereocenters. The van der Waals surface area contributed by atoms with Crippen LogP contribution in [-0.2, 0) is 0 Å². The number of aromatic amines is 1. The molecule has 0 saturated heterocycles. The van der Waals surface area contributed by atoms with Crippen LogP contribution in [0.2, 0.25) is 0 Å². The monoisotopic (exact) mass is 258 g/mol. The van der Waals surface area contributed by atoms with E-state index in [-0.39, 0.29) is 11.9 Å². The average molecular weight is 258 g/mol. The van der Waals surface area contributed by atoms with E-state index in [1.807, 2.05) is 0 Å². The highest BCUT2D eigenvalue weighted by atomic mass is 16.1. The molecule has 4 N–H and O–H groups in total. The molecule has 0 saturated carbocycles. The third-order valence-electron chi connectivity index (χ3n) is 2.60. The summed E-state index contributed by atoms with van der Waals surface area (Å²) in [6.07, 6.45) is 4.58. The van der Waals surface area contributed by atoms with Crippen LogP contribution in [0.1, 0.15) is 10.4 Å². The van der Waals surface area contributed by atoms with Gasteiger partial charge in [-0.3, -0.25) is 9.89 Å². The minimum Gasteiger partial charge on any atom is -0.368 e. The fourth-order valence-electron chi connectivity index (χ4n) is 1.71. The lowest BCUT2D eigenvalue weighted by Crippen LogP contribution is -2.16. The summed E-state index contributed by atoms with van der Waals surface area (Å²) in [6.45, 7) is 0. The van der Waals surface area contributed by atoms with Crippen LogP contribution in [0.5, 0.6) is 0 Å². The molecule has 0 aliphatic rings. The van der Waals surface area contributed by atoms with Gasteiger partial charge in [-0.15, -0.1) is 0 Å². The van der Waals surface area contributed by atoms with Crippen molar-refractivity contribution in [3.05, 3.63) is 24.2 Å². The predicted octanol–water partition coefficient (Wildman–Crippen LogP) is -0.520. The lowest BCUT2D eigenvalue weighted by molar-refractivity contribution is 0.0963. The minimum atomic E-state index is -0.225. The van der Waals surface area contributed by atoms with Crippen molar-refractivity contribution in [2.24, 2.45) is 0 Å². The zero-order valence-electron chi connectivity index (χ0n) is 9.95. The number of anilines is 1. The van der Waals surface area contributed by atoms with Gasteiger partial charge in [-0.05, 0) is 0 Å². The average Bonchev–Trinajstić information content (AvgIpc) is 3.05. The first-order chi connectivity index (χ1) is 9.19. The number of hydrogen-bond donors (Lipinski definition) is 3. The van der Waals surface area contributed by atoms with E-state index in [4.69, 9.17) is 5.73 Å². The standard InChI is InChI=1S/C10H10N8O/c1-12-9(19)5-2-14-18(4-5)8-6-3-13-17-7(6)15-10(11)16-8/h2-4H,1H3,(H,12,19)(H3,11,13,15,16,17). The van der Waals surface area contributed by atoms with Crippen molar-refractivity contribution in [3.8, 4) is 5.82 Å². The molecule has 3 aromatic heterocycles. The molecule has 1 amide bonds. The van der Waals surface area contributed by atoms with Gasteiger partial charge in [-0.2, -0.15) is 20.2 Å². The van der Waals surface area contributed by atoms with E-state index >= 15 is 0 Å². The fraction of sp³-hybridized carbons (Fsp3) is 0.100. The van der Waals surface area contributed by atoms with Crippen LogP contribution in [0.3, 0.4) is 0 Å². The largest absolute Gasteiger partial charge is 0.368 e. The number of nitrogens with one attached hydrogen (secondary N) is 2. The number of hydrogen-bond acceptors (Lipinski definition) is 6. The summed E-state index contributed by atoms with van der Waals surface area (Å²) in [5, 5.41) is 13.9. The predicted molar refractivity (Wildman–Crippen MR) is 66.6 cm³/mol. The second-order valence-corrected chi connectivity index (χ2v) is 3.79. The van der Waals surface area contributed by atoms with E-state index in [9.17, 15) is 4.79 Å². The number of H-pyrrole nitrogens is 1. The number of nitrogens with zero attached hydrogens (tertiary/aromatic N) is 5. The van der Waals surface area contributed by atoms with E-state index in [0.717, 1.165) is 0 Å². The third kappa shape index (κ3) is 1.76. The van der Waals surface area contributed by atoms with Crippen molar-refractivity contribution in [1.29, 1.82) is 0 Å². The van der Waals surface area contributed by atoms with Gasteiger partial charge >= 0.3 is 0 Å². The van der Waals surface area contributed by atoms with Gasteiger partial charge in [0.2, 0.25) is 5.95 Å². The second kappa shape index (κ2) is 4.05. The number of fused-ring (bicyclic) bond motifs is 1. The summed E-state index contributed by atoms with van der Waals surface area (Å²) in [5.74, 6) is 0.340. The molecule has 0 bridgehead atoms. The molecular weight excluding hydrogens is 248 g/mol. The normalized spacial score (nSPS) is 10.8. The molecule has 3 aromatic rings. The van der Waals surface area contributed by atoms with Gasteiger partial charge in [-0.1, -0.05) is 0 Å². The summed E-state index contributed by atoms with van der Waals surface area (Å²) in [7, 11) is 1.55. The van der Waals surface area contributed by atoms with Crippen LogP contribution in [0.25, 0.3) is 16.9 Å². The van der Waals surface area contributed by atoms with Crippen molar-refractivity contribution in [2.75, 3.05) is 12.8 Å². The Morgan fingerprint density at radius 3 is 3.05 bits per heavy atom. The van der Waals surface area contributed by atoms with Crippen molar-refractivity contribution in [1.82, 2.24) is 35.3 Å². The second-order valence-electron chi connectivity index (χ2n) is 3.79. The molecule has 9 nitrogen and oxygen atoms in total. The SMILES string of the molecule is CNC(=O)c1cnn(-c2nc(N)nc3[nH]ncc23)c1. The number of aromatic nitrogens is 6. The van der Waals surface area contributed by atoms with Gasteiger partial charge in [-0.25, -0.2) is 4.68 Å². The summed E-state index contributed by atoms with van der Waals surface area (Å²) in [6, 6.07) is 0. The Morgan fingerprint density at radius 1 is 1.42 bits per heavy atom. The van der Waals surface area contributed by atoms with E-state index in [1.165, 1.54) is 10.9 Å². The molecule has 0 spiro atoms. The van der Waals surface area contributed by atoms with Crippen molar-refractivity contribution in [2.45, 2.75) is 0 Å². The molecule has 3 heterocycles. The zero-order chi connectivity index (χ0) is 13.4. The highest BCUT2D eigenvalue weighted by Gasteiger charge is 2.13. The van der Waals surface area contributed by atoms with Crippen LogP contribution in [0.15, 0.2) is 18.6 Å². The maximum absolute atomic E-state index is 11.5. The quantitative estimate of drug-likeness (QED) is 0.567. The highest BCUT2D eigenvalue weighted by Crippen LogP contribution is 2.17. The Balaban J connectivity index is 2.16. The van der Waals surface area contributed by atoms with Gasteiger partial charge in [0.05, 0.1) is 23.3 Å². The van der Waals surface area contributed by atoms with Crippen LogP contribution >= 0.6 is 0 Å². The Kier molecular flexibility index (Phi) is 2.37. The van der Waals surface area contributed by atoms with Crippen LogP contribution in [0.4, 0.5) is 5.95 Å². The lowest BCUT2D eigenvalue weighted by atomic mass is 10.3. The van der Waals surface area contributed by atoms with Crippen LogP contribution in [-0.4, -0.2) is 42.9 Å². The third-order valence-corrected chi connectivity index (χ3v) is 2.60. The molecule has 0 unspecified atom stereocenters. The summed E-state index contributed by atoms with van der Waals surface area (Å²) in [5.41, 5.74) is 6.56. The molecular formula is C10H10N8O. The molecule has 0 aromatic carbocycles. The fourth-order valence-corrected chi connectivity index (χ4v) is 1.71. The number of carbonyl (C=O) groups is 1.